The summed E-state index contributed by atoms with van der Waals surface area (Å²) in [6.07, 6.45) is 8.73. The van der Waals surface area contributed by atoms with Gasteiger partial charge in [0.15, 0.2) is 0 Å². The van der Waals surface area contributed by atoms with Gasteiger partial charge in [-0.3, -0.25) is 0 Å². The van der Waals surface area contributed by atoms with Crippen LogP contribution in [0.3, 0.4) is 0 Å². The third-order valence-electron chi connectivity index (χ3n) is 4.30. The monoisotopic (exact) mass is 256 g/mol. The van der Waals surface area contributed by atoms with Crippen LogP contribution in [0.5, 0.6) is 0 Å². The zero-order chi connectivity index (χ0) is 12.3. The van der Waals surface area contributed by atoms with E-state index in [2.05, 4.69) is 20.4 Å². The van der Waals surface area contributed by atoms with Crippen molar-refractivity contribution in [1.82, 2.24) is 0 Å². The topological polar surface area (TPSA) is 18.5 Å². The maximum absolute atomic E-state index is 6.43. The summed E-state index contributed by atoms with van der Waals surface area (Å²) in [4.78, 5) is 0. The summed E-state index contributed by atoms with van der Waals surface area (Å²) in [5.74, 6) is 1.70. The molecule has 2 rings (SSSR count). The Balaban J connectivity index is 1.85. The van der Waals surface area contributed by atoms with Crippen molar-refractivity contribution in [3.63, 3.8) is 0 Å². The van der Waals surface area contributed by atoms with E-state index in [-0.39, 0.29) is 0 Å². The molecule has 2 fully saturated rings. The highest BCUT2D eigenvalue weighted by Gasteiger charge is 2.41. The molecular weight excluding hydrogens is 228 g/mol. The minimum absolute atomic E-state index is 0.416. The van der Waals surface area contributed by atoms with Crippen molar-refractivity contribution < 1.29 is 8.85 Å². The summed E-state index contributed by atoms with van der Waals surface area (Å²) >= 11 is 0. The van der Waals surface area contributed by atoms with Crippen LogP contribution in [0.2, 0.25) is 12.6 Å². The van der Waals surface area contributed by atoms with Crippen molar-refractivity contribution in [1.29, 1.82) is 0 Å². The van der Waals surface area contributed by atoms with Crippen LogP contribution in [-0.4, -0.2) is 21.3 Å². The van der Waals surface area contributed by atoms with Gasteiger partial charge in [0.2, 0.25) is 0 Å². The fraction of sp³-hybridized carbons (Fsp3) is 1.00. The van der Waals surface area contributed by atoms with E-state index in [1.807, 2.05) is 0 Å². The van der Waals surface area contributed by atoms with Gasteiger partial charge in [-0.15, -0.1) is 0 Å². The maximum Gasteiger partial charge on any atom is 0.335 e. The van der Waals surface area contributed by atoms with Gasteiger partial charge < -0.3 is 8.85 Å². The molecule has 0 spiro atoms. The van der Waals surface area contributed by atoms with E-state index in [1.165, 1.54) is 44.6 Å². The fourth-order valence-electron chi connectivity index (χ4n) is 3.21. The third kappa shape index (κ3) is 4.07. The lowest BCUT2D eigenvalue weighted by Crippen LogP contribution is -2.43. The number of hydrogen-bond acceptors (Lipinski definition) is 2. The lowest BCUT2D eigenvalue weighted by Gasteiger charge is -2.32. The van der Waals surface area contributed by atoms with E-state index in [4.69, 9.17) is 8.85 Å². The molecule has 2 saturated carbocycles. The highest BCUT2D eigenvalue weighted by molar-refractivity contribution is 6.66. The Kier molecular flexibility index (Phi) is 4.67. The van der Waals surface area contributed by atoms with Gasteiger partial charge in [-0.25, -0.2) is 0 Å². The first-order valence-electron chi connectivity index (χ1n) is 7.45. The van der Waals surface area contributed by atoms with Gasteiger partial charge >= 0.3 is 8.56 Å². The standard InChI is InChI=1S/C14H28O2Si/c1-4-15-17(3,11-13-9-10-13)16-12(2)14-7-5-6-8-14/h12-14H,4-11H2,1-3H3. The summed E-state index contributed by atoms with van der Waals surface area (Å²) in [5.41, 5.74) is 0. The maximum atomic E-state index is 6.43. The normalized spacial score (nSPS) is 27.0. The molecule has 2 unspecified atom stereocenters. The Morgan fingerprint density at radius 3 is 2.35 bits per heavy atom. The van der Waals surface area contributed by atoms with E-state index in [9.17, 15) is 0 Å². The summed E-state index contributed by atoms with van der Waals surface area (Å²) < 4.78 is 12.5. The number of rotatable bonds is 7. The second kappa shape index (κ2) is 5.85. The van der Waals surface area contributed by atoms with Crippen LogP contribution in [0.25, 0.3) is 0 Å². The molecule has 0 aromatic carbocycles. The van der Waals surface area contributed by atoms with Gasteiger partial charge in [0.05, 0.1) is 0 Å². The van der Waals surface area contributed by atoms with Gasteiger partial charge in [0.25, 0.3) is 0 Å². The van der Waals surface area contributed by atoms with Crippen LogP contribution in [0.4, 0.5) is 0 Å². The molecule has 2 aliphatic rings. The first-order chi connectivity index (χ1) is 8.13. The zero-order valence-corrected chi connectivity index (χ0v) is 12.7. The average molecular weight is 256 g/mol. The highest BCUT2D eigenvalue weighted by atomic mass is 28.4. The summed E-state index contributed by atoms with van der Waals surface area (Å²) in [7, 11) is -1.88. The molecule has 0 amide bonds. The molecule has 2 nitrogen and oxygen atoms in total. The molecule has 3 heteroatoms. The smallest absolute Gasteiger partial charge is 0.335 e. The van der Waals surface area contributed by atoms with Crippen molar-refractivity contribution in [2.45, 2.75) is 71.1 Å². The van der Waals surface area contributed by atoms with E-state index in [0.29, 0.717) is 6.10 Å². The van der Waals surface area contributed by atoms with Crippen molar-refractivity contribution in [2.75, 3.05) is 6.61 Å². The molecule has 0 heterocycles. The fourth-order valence-corrected chi connectivity index (χ4v) is 6.54. The van der Waals surface area contributed by atoms with Crippen molar-refractivity contribution >= 4 is 8.56 Å². The van der Waals surface area contributed by atoms with Crippen LogP contribution in [0.15, 0.2) is 0 Å². The van der Waals surface area contributed by atoms with Crippen molar-refractivity contribution in [3.05, 3.63) is 0 Å². The first-order valence-corrected chi connectivity index (χ1v) is 9.97. The highest BCUT2D eigenvalue weighted by Crippen LogP contribution is 2.39. The van der Waals surface area contributed by atoms with Crippen LogP contribution >= 0.6 is 0 Å². The first kappa shape index (κ1) is 13.6. The lowest BCUT2D eigenvalue weighted by atomic mass is 10.0. The molecule has 0 N–H and O–H groups in total. The van der Waals surface area contributed by atoms with Crippen molar-refractivity contribution in [2.24, 2.45) is 11.8 Å². The molecule has 0 saturated heterocycles. The summed E-state index contributed by atoms with van der Waals surface area (Å²) in [6.45, 7) is 7.46. The molecular formula is C14H28O2Si. The Bertz CT molecular complexity index is 236. The van der Waals surface area contributed by atoms with Crippen LogP contribution < -0.4 is 0 Å². The SMILES string of the molecule is CCO[Si](C)(CC1CC1)OC(C)C1CCCC1. The molecule has 0 aliphatic heterocycles. The minimum atomic E-state index is -1.88. The van der Waals surface area contributed by atoms with E-state index in [1.54, 1.807) is 0 Å². The molecule has 0 radical (unpaired) electrons. The summed E-state index contributed by atoms with van der Waals surface area (Å²) in [6, 6.07) is 1.22. The molecule has 0 aromatic heterocycles. The summed E-state index contributed by atoms with van der Waals surface area (Å²) in [5, 5.41) is 0. The van der Waals surface area contributed by atoms with Crippen LogP contribution in [0.1, 0.15) is 52.4 Å². The number of hydrogen-bond donors (Lipinski definition) is 0. The predicted molar refractivity (Wildman–Crippen MR) is 73.3 cm³/mol. The van der Waals surface area contributed by atoms with Gasteiger partial charge in [-0.05, 0) is 51.1 Å². The zero-order valence-electron chi connectivity index (χ0n) is 11.7. The van der Waals surface area contributed by atoms with E-state index >= 15 is 0 Å². The van der Waals surface area contributed by atoms with Crippen LogP contribution in [-0.2, 0) is 8.85 Å². The van der Waals surface area contributed by atoms with Gasteiger partial charge in [-0.2, -0.15) is 0 Å². The Labute approximate surface area is 107 Å². The van der Waals surface area contributed by atoms with Crippen molar-refractivity contribution in [3.8, 4) is 0 Å². The predicted octanol–water partition coefficient (Wildman–Crippen LogP) is 4.10. The second-order valence-corrected chi connectivity index (χ2v) is 9.28. The molecule has 100 valence electrons. The van der Waals surface area contributed by atoms with Gasteiger partial charge in [-0.1, -0.05) is 25.7 Å². The van der Waals surface area contributed by atoms with E-state index < -0.39 is 8.56 Å². The minimum Gasteiger partial charge on any atom is -0.395 e. The van der Waals surface area contributed by atoms with Gasteiger partial charge in [0.1, 0.15) is 0 Å². The molecule has 0 aromatic rings. The second-order valence-electron chi connectivity index (χ2n) is 6.08. The average Bonchev–Trinajstić information content (AvgIpc) is 2.90. The molecule has 2 aliphatic carbocycles. The van der Waals surface area contributed by atoms with Gasteiger partial charge in [0, 0.05) is 12.7 Å². The van der Waals surface area contributed by atoms with E-state index in [0.717, 1.165) is 18.4 Å². The Hall–Kier alpha value is 0.137. The molecule has 2 atom stereocenters. The lowest BCUT2D eigenvalue weighted by molar-refractivity contribution is 0.0902. The Morgan fingerprint density at radius 2 is 1.82 bits per heavy atom. The molecule has 17 heavy (non-hydrogen) atoms. The largest absolute Gasteiger partial charge is 0.395 e. The Morgan fingerprint density at radius 1 is 1.18 bits per heavy atom. The van der Waals surface area contributed by atoms with Crippen LogP contribution in [0, 0.1) is 11.8 Å². The third-order valence-corrected chi connectivity index (χ3v) is 7.39. The molecule has 0 bridgehead atoms. The quantitative estimate of drug-likeness (QED) is 0.638.